The van der Waals surface area contributed by atoms with Crippen molar-refractivity contribution in [3.8, 4) is 0 Å². The third-order valence-electron chi connectivity index (χ3n) is 3.29. The number of amides is 1. The Morgan fingerprint density at radius 2 is 2.35 bits per heavy atom. The summed E-state index contributed by atoms with van der Waals surface area (Å²) in [7, 11) is 0. The van der Waals surface area contributed by atoms with E-state index in [1.165, 1.54) is 6.07 Å². The van der Waals surface area contributed by atoms with Crippen molar-refractivity contribution in [2.75, 3.05) is 36.4 Å². The smallest absolute Gasteiger partial charge is 0.239 e. The van der Waals surface area contributed by atoms with Crippen molar-refractivity contribution in [1.82, 2.24) is 10.6 Å². The van der Waals surface area contributed by atoms with E-state index in [0.29, 0.717) is 41.7 Å². The van der Waals surface area contributed by atoms with Crippen molar-refractivity contribution in [3.63, 3.8) is 0 Å². The third kappa shape index (κ3) is 5.10. The molecule has 6 nitrogen and oxygen atoms in total. The molecule has 0 radical (unpaired) electrons. The van der Waals surface area contributed by atoms with E-state index < -0.39 is 0 Å². The number of carbonyl (C=O) groups is 1. The van der Waals surface area contributed by atoms with Crippen molar-refractivity contribution in [2.24, 2.45) is 5.73 Å². The SMILES string of the molecule is CC(=S)NC/C(N)=C/Nc1ccc(N2CCNC(=O)C2)c(F)c1. The first kappa shape index (κ1) is 17.0. The summed E-state index contributed by atoms with van der Waals surface area (Å²) in [5.74, 6) is -0.487. The molecule has 0 aromatic heterocycles. The number of benzene rings is 1. The lowest BCUT2D eigenvalue weighted by molar-refractivity contribution is -0.120. The number of anilines is 2. The van der Waals surface area contributed by atoms with E-state index in [1.54, 1.807) is 30.2 Å². The van der Waals surface area contributed by atoms with E-state index in [1.807, 2.05) is 0 Å². The van der Waals surface area contributed by atoms with Crippen LogP contribution in [0.25, 0.3) is 0 Å². The zero-order valence-electron chi connectivity index (χ0n) is 12.9. The predicted octanol–water partition coefficient (Wildman–Crippen LogP) is 0.911. The van der Waals surface area contributed by atoms with E-state index in [4.69, 9.17) is 18.0 Å². The zero-order chi connectivity index (χ0) is 16.8. The van der Waals surface area contributed by atoms with Gasteiger partial charge in [-0.05, 0) is 25.1 Å². The number of rotatable bonds is 5. The fourth-order valence-corrected chi connectivity index (χ4v) is 2.22. The van der Waals surface area contributed by atoms with Crippen molar-refractivity contribution < 1.29 is 9.18 Å². The summed E-state index contributed by atoms with van der Waals surface area (Å²) in [4.78, 5) is 13.8. The molecule has 0 spiro atoms. The molecular formula is C15H20FN5OS. The molecule has 1 aromatic carbocycles. The minimum atomic E-state index is -0.385. The molecule has 1 amide bonds. The number of halogens is 1. The average molecular weight is 337 g/mol. The number of nitrogens with two attached hydrogens (primary N) is 1. The molecule has 1 aliphatic rings. The summed E-state index contributed by atoms with van der Waals surface area (Å²) in [5, 5.41) is 8.58. The minimum absolute atomic E-state index is 0.102. The number of thiocarbonyl (C=S) groups is 1. The Morgan fingerprint density at radius 1 is 1.57 bits per heavy atom. The maximum Gasteiger partial charge on any atom is 0.239 e. The third-order valence-corrected chi connectivity index (χ3v) is 3.44. The van der Waals surface area contributed by atoms with Crippen LogP contribution in [0, 0.1) is 5.82 Å². The quantitative estimate of drug-likeness (QED) is 0.598. The topological polar surface area (TPSA) is 82.4 Å². The van der Waals surface area contributed by atoms with E-state index in [2.05, 4.69) is 16.0 Å². The molecule has 5 N–H and O–H groups in total. The summed E-state index contributed by atoms with van der Waals surface area (Å²) in [6, 6.07) is 4.77. The van der Waals surface area contributed by atoms with Crippen molar-refractivity contribution in [3.05, 3.63) is 35.9 Å². The molecule has 23 heavy (non-hydrogen) atoms. The number of nitrogens with one attached hydrogen (secondary N) is 3. The largest absolute Gasteiger partial charge is 0.399 e. The number of piperazine rings is 1. The standard InChI is InChI=1S/C15H20FN5OS/c1-10(23)19-7-11(17)8-20-12-2-3-14(13(16)6-12)21-5-4-18-15(22)9-21/h2-3,6,8,20H,4-5,7,9,17H2,1H3,(H,18,22)(H,19,23)/b11-8-. The fourth-order valence-electron chi connectivity index (χ4n) is 2.15. The Morgan fingerprint density at radius 3 is 3.00 bits per heavy atom. The molecule has 1 heterocycles. The predicted molar refractivity (Wildman–Crippen MR) is 93.8 cm³/mol. The second kappa shape index (κ2) is 7.77. The second-order valence-corrected chi connectivity index (χ2v) is 5.82. The van der Waals surface area contributed by atoms with Crippen LogP contribution in [0.3, 0.4) is 0 Å². The van der Waals surface area contributed by atoms with Gasteiger partial charge in [0.25, 0.3) is 0 Å². The van der Waals surface area contributed by atoms with E-state index >= 15 is 0 Å². The van der Waals surface area contributed by atoms with Crippen LogP contribution in [0.4, 0.5) is 15.8 Å². The molecule has 0 saturated carbocycles. The Balaban J connectivity index is 2.00. The van der Waals surface area contributed by atoms with Crippen LogP contribution in [-0.2, 0) is 4.79 Å². The fraction of sp³-hybridized carbons (Fsp3) is 0.333. The van der Waals surface area contributed by atoms with Gasteiger partial charge in [0.05, 0.1) is 23.8 Å². The van der Waals surface area contributed by atoms with Gasteiger partial charge >= 0.3 is 0 Å². The maximum atomic E-state index is 14.2. The van der Waals surface area contributed by atoms with Crippen LogP contribution >= 0.6 is 12.2 Å². The normalized spacial score (nSPS) is 15.1. The molecule has 124 valence electrons. The highest BCUT2D eigenvalue weighted by molar-refractivity contribution is 7.80. The molecule has 1 fully saturated rings. The highest BCUT2D eigenvalue weighted by atomic mass is 32.1. The van der Waals surface area contributed by atoms with Crippen LogP contribution in [0.2, 0.25) is 0 Å². The molecule has 1 saturated heterocycles. The van der Waals surface area contributed by atoms with Gasteiger partial charge in [-0.15, -0.1) is 0 Å². The first-order valence-electron chi connectivity index (χ1n) is 7.22. The molecule has 8 heteroatoms. The van der Waals surface area contributed by atoms with Gasteiger partial charge in [0.2, 0.25) is 5.91 Å². The number of hydrogen-bond donors (Lipinski definition) is 4. The molecule has 0 aliphatic carbocycles. The molecule has 0 bridgehead atoms. The summed E-state index contributed by atoms with van der Waals surface area (Å²) < 4.78 is 14.2. The van der Waals surface area contributed by atoms with Crippen molar-refractivity contribution in [1.29, 1.82) is 0 Å². The van der Waals surface area contributed by atoms with Crippen LogP contribution in [0.5, 0.6) is 0 Å². The van der Waals surface area contributed by atoms with Gasteiger partial charge in [-0.25, -0.2) is 4.39 Å². The number of carbonyl (C=O) groups excluding carboxylic acids is 1. The van der Waals surface area contributed by atoms with E-state index in [0.717, 1.165) is 0 Å². The van der Waals surface area contributed by atoms with Gasteiger partial charge in [0, 0.05) is 30.7 Å². The second-order valence-electron chi connectivity index (χ2n) is 5.21. The summed E-state index contributed by atoms with van der Waals surface area (Å²) >= 11 is 4.90. The van der Waals surface area contributed by atoms with Crippen molar-refractivity contribution in [2.45, 2.75) is 6.92 Å². The molecule has 1 aliphatic heterocycles. The molecule has 0 atom stereocenters. The van der Waals surface area contributed by atoms with Crippen LogP contribution in [0.15, 0.2) is 30.1 Å². The van der Waals surface area contributed by atoms with Crippen LogP contribution in [0.1, 0.15) is 6.92 Å². The Kier molecular flexibility index (Phi) is 5.75. The van der Waals surface area contributed by atoms with Crippen LogP contribution < -0.4 is 26.6 Å². The number of nitrogens with zero attached hydrogens (tertiary/aromatic N) is 1. The molecule has 0 unspecified atom stereocenters. The van der Waals surface area contributed by atoms with Gasteiger partial charge in [-0.1, -0.05) is 12.2 Å². The highest BCUT2D eigenvalue weighted by Gasteiger charge is 2.19. The Bertz CT molecular complexity index is 634. The Hall–Kier alpha value is -2.35. The maximum absolute atomic E-state index is 14.2. The van der Waals surface area contributed by atoms with Crippen molar-refractivity contribution >= 4 is 34.5 Å². The molecule has 1 aromatic rings. The van der Waals surface area contributed by atoms with Gasteiger partial charge in [0.1, 0.15) is 5.82 Å². The lowest BCUT2D eigenvalue weighted by Gasteiger charge is -2.29. The minimum Gasteiger partial charge on any atom is -0.399 e. The van der Waals surface area contributed by atoms with Gasteiger partial charge in [-0.3, -0.25) is 4.79 Å². The van der Waals surface area contributed by atoms with Crippen LogP contribution in [-0.4, -0.2) is 37.1 Å². The van der Waals surface area contributed by atoms with E-state index in [-0.39, 0.29) is 18.3 Å². The first-order valence-corrected chi connectivity index (χ1v) is 7.63. The lowest BCUT2D eigenvalue weighted by Crippen LogP contribution is -2.48. The zero-order valence-corrected chi connectivity index (χ0v) is 13.7. The summed E-state index contributed by atoms with van der Waals surface area (Å²) in [5.41, 5.74) is 7.34. The van der Waals surface area contributed by atoms with Gasteiger partial charge in [0.15, 0.2) is 0 Å². The molecule has 2 rings (SSSR count). The van der Waals surface area contributed by atoms with Gasteiger partial charge < -0.3 is 26.6 Å². The molecular weight excluding hydrogens is 317 g/mol. The first-order chi connectivity index (χ1) is 11.0. The highest BCUT2D eigenvalue weighted by Crippen LogP contribution is 2.23. The van der Waals surface area contributed by atoms with E-state index in [9.17, 15) is 9.18 Å². The monoisotopic (exact) mass is 337 g/mol. The van der Waals surface area contributed by atoms with Gasteiger partial charge in [-0.2, -0.15) is 0 Å². The summed E-state index contributed by atoms with van der Waals surface area (Å²) in [6.07, 6.45) is 1.59. The summed E-state index contributed by atoms with van der Waals surface area (Å²) in [6.45, 7) is 3.46. The number of hydrogen-bond acceptors (Lipinski definition) is 5. The Labute approximate surface area is 139 Å². The lowest BCUT2D eigenvalue weighted by atomic mass is 10.2. The average Bonchev–Trinajstić information content (AvgIpc) is 2.51.